The molecule has 20 heavy (non-hydrogen) atoms. The predicted molar refractivity (Wildman–Crippen MR) is 78.8 cm³/mol. The summed E-state index contributed by atoms with van der Waals surface area (Å²) in [5.41, 5.74) is 0. The zero-order chi connectivity index (χ0) is 14.5. The van der Waals surface area contributed by atoms with Crippen molar-refractivity contribution in [2.24, 2.45) is 11.8 Å². The summed E-state index contributed by atoms with van der Waals surface area (Å²) < 4.78 is 5.58. The van der Waals surface area contributed by atoms with Crippen LogP contribution in [0.15, 0.2) is 0 Å². The Labute approximate surface area is 122 Å². The molecule has 1 saturated heterocycles. The van der Waals surface area contributed by atoms with E-state index in [1.54, 1.807) is 0 Å². The lowest BCUT2D eigenvalue weighted by atomic mass is 9.89. The number of nitrogens with zero attached hydrogens (tertiary/aromatic N) is 1. The highest BCUT2D eigenvalue weighted by Crippen LogP contribution is 2.31. The van der Waals surface area contributed by atoms with Gasteiger partial charge in [-0.05, 0) is 31.1 Å². The van der Waals surface area contributed by atoms with Gasteiger partial charge in [0.25, 0.3) is 0 Å². The Bertz CT molecular complexity index is 319. The summed E-state index contributed by atoms with van der Waals surface area (Å²) in [5.74, 6) is 0.909. The van der Waals surface area contributed by atoms with Gasteiger partial charge >= 0.3 is 5.97 Å². The van der Waals surface area contributed by atoms with Gasteiger partial charge in [-0.15, -0.1) is 0 Å². The van der Waals surface area contributed by atoms with Crippen molar-refractivity contribution >= 4 is 5.97 Å². The Morgan fingerprint density at radius 2 is 2.10 bits per heavy atom. The van der Waals surface area contributed by atoms with Crippen LogP contribution in [-0.2, 0) is 9.53 Å². The smallest absolute Gasteiger partial charge is 0.306 e. The van der Waals surface area contributed by atoms with E-state index < -0.39 is 5.97 Å². The summed E-state index contributed by atoms with van der Waals surface area (Å²) in [6.45, 7) is 7.11. The van der Waals surface area contributed by atoms with E-state index >= 15 is 0 Å². The van der Waals surface area contributed by atoms with Crippen molar-refractivity contribution in [3.8, 4) is 0 Å². The molecule has 0 aromatic rings. The second kappa shape index (κ2) is 7.41. The number of hydrogen-bond donors (Lipinski definition) is 1. The number of hydrogen-bond acceptors (Lipinski definition) is 3. The molecule has 3 atom stereocenters. The van der Waals surface area contributed by atoms with Crippen LogP contribution in [-0.4, -0.2) is 47.8 Å². The fourth-order valence-electron chi connectivity index (χ4n) is 3.73. The van der Waals surface area contributed by atoms with Crippen molar-refractivity contribution in [3.05, 3.63) is 0 Å². The minimum Gasteiger partial charge on any atom is -0.481 e. The summed E-state index contributed by atoms with van der Waals surface area (Å²) in [5, 5.41) is 8.90. The van der Waals surface area contributed by atoms with Gasteiger partial charge in [0.05, 0.1) is 19.1 Å². The normalized spacial score (nSPS) is 33.0. The molecule has 1 aliphatic carbocycles. The van der Waals surface area contributed by atoms with Gasteiger partial charge in [0.15, 0.2) is 0 Å². The predicted octanol–water partition coefficient (Wildman–Crippen LogP) is 2.77. The zero-order valence-corrected chi connectivity index (χ0v) is 12.9. The third kappa shape index (κ3) is 4.45. The summed E-state index contributed by atoms with van der Waals surface area (Å²) in [7, 11) is 0. The molecule has 2 rings (SSSR count). The summed E-state index contributed by atoms with van der Waals surface area (Å²) in [6.07, 6.45) is 6.54. The van der Waals surface area contributed by atoms with E-state index in [2.05, 4.69) is 18.7 Å². The number of aliphatic carboxylic acids is 1. The van der Waals surface area contributed by atoms with E-state index in [9.17, 15) is 4.79 Å². The van der Waals surface area contributed by atoms with Crippen LogP contribution in [0.5, 0.6) is 0 Å². The number of carboxylic acids is 1. The van der Waals surface area contributed by atoms with Crippen LogP contribution >= 0.6 is 0 Å². The third-order valence-corrected chi connectivity index (χ3v) is 5.01. The van der Waals surface area contributed by atoms with Crippen molar-refractivity contribution in [1.29, 1.82) is 0 Å². The molecule has 1 aliphatic heterocycles. The van der Waals surface area contributed by atoms with Crippen LogP contribution in [0.4, 0.5) is 0 Å². The minimum absolute atomic E-state index is 0.120. The molecule has 0 bridgehead atoms. The van der Waals surface area contributed by atoms with Gasteiger partial charge < -0.3 is 9.84 Å². The van der Waals surface area contributed by atoms with E-state index in [0.29, 0.717) is 12.6 Å². The summed E-state index contributed by atoms with van der Waals surface area (Å²) in [6, 6.07) is 0.638. The van der Waals surface area contributed by atoms with Gasteiger partial charge in [0, 0.05) is 19.1 Å². The maximum absolute atomic E-state index is 10.8. The van der Waals surface area contributed by atoms with Crippen LogP contribution < -0.4 is 0 Å². The molecular formula is C16H29NO3. The molecule has 0 amide bonds. The summed E-state index contributed by atoms with van der Waals surface area (Å²) in [4.78, 5) is 13.3. The van der Waals surface area contributed by atoms with Gasteiger partial charge in [-0.25, -0.2) is 0 Å². The van der Waals surface area contributed by atoms with Crippen LogP contribution in [0.2, 0.25) is 0 Å². The Morgan fingerprint density at radius 3 is 2.80 bits per heavy atom. The van der Waals surface area contributed by atoms with Gasteiger partial charge in [-0.1, -0.05) is 26.7 Å². The third-order valence-electron chi connectivity index (χ3n) is 5.01. The average Bonchev–Trinajstić information content (AvgIpc) is 2.64. The van der Waals surface area contributed by atoms with Gasteiger partial charge in [-0.3, -0.25) is 9.69 Å². The average molecular weight is 283 g/mol. The van der Waals surface area contributed by atoms with E-state index in [0.717, 1.165) is 24.9 Å². The number of rotatable bonds is 4. The van der Waals surface area contributed by atoms with Crippen molar-refractivity contribution in [1.82, 2.24) is 4.90 Å². The van der Waals surface area contributed by atoms with Gasteiger partial charge in [0.2, 0.25) is 0 Å². The molecule has 0 radical (unpaired) electrons. The molecule has 2 aliphatic rings. The first-order chi connectivity index (χ1) is 9.56. The van der Waals surface area contributed by atoms with E-state index in [-0.39, 0.29) is 12.5 Å². The Morgan fingerprint density at radius 1 is 1.30 bits per heavy atom. The van der Waals surface area contributed by atoms with Crippen molar-refractivity contribution in [2.75, 3.05) is 19.7 Å². The number of morpholine rings is 1. The van der Waals surface area contributed by atoms with Crippen molar-refractivity contribution in [3.63, 3.8) is 0 Å². The molecular weight excluding hydrogens is 254 g/mol. The topological polar surface area (TPSA) is 49.8 Å². The Balaban J connectivity index is 1.85. The molecule has 1 saturated carbocycles. The minimum atomic E-state index is -0.752. The van der Waals surface area contributed by atoms with E-state index in [4.69, 9.17) is 9.84 Å². The summed E-state index contributed by atoms with van der Waals surface area (Å²) >= 11 is 0. The molecule has 0 aromatic heterocycles. The first-order valence-corrected chi connectivity index (χ1v) is 8.13. The SMILES string of the molecule is CC(C)C1CCCC(N2CCOC(CC(=O)O)C2)CC1. The molecule has 3 unspecified atom stereocenters. The molecule has 0 aromatic carbocycles. The quantitative estimate of drug-likeness (QED) is 0.806. The monoisotopic (exact) mass is 283 g/mol. The highest BCUT2D eigenvalue weighted by molar-refractivity contribution is 5.67. The van der Waals surface area contributed by atoms with Crippen LogP contribution in [0.1, 0.15) is 52.4 Å². The van der Waals surface area contributed by atoms with Gasteiger partial charge in [0.1, 0.15) is 0 Å². The number of ether oxygens (including phenoxy) is 1. The highest BCUT2D eigenvalue weighted by Gasteiger charge is 2.29. The van der Waals surface area contributed by atoms with Crippen LogP contribution in [0.3, 0.4) is 0 Å². The lowest BCUT2D eigenvalue weighted by Crippen LogP contribution is -2.48. The zero-order valence-electron chi connectivity index (χ0n) is 12.9. The molecule has 0 spiro atoms. The fourth-order valence-corrected chi connectivity index (χ4v) is 3.73. The van der Waals surface area contributed by atoms with E-state index in [1.165, 1.54) is 32.1 Å². The van der Waals surface area contributed by atoms with E-state index in [1.807, 2.05) is 0 Å². The maximum Gasteiger partial charge on any atom is 0.306 e. The molecule has 1 heterocycles. The van der Waals surface area contributed by atoms with Crippen molar-refractivity contribution < 1.29 is 14.6 Å². The lowest BCUT2D eigenvalue weighted by molar-refractivity contribution is -0.142. The van der Waals surface area contributed by atoms with Crippen LogP contribution in [0.25, 0.3) is 0 Å². The molecule has 1 N–H and O–H groups in total. The van der Waals surface area contributed by atoms with Crippen molar-refractivity contribution in [2.45, 2.75) is 64.5 Å². The fraction of sp³-hybridized carbons (Fsp3) is 0.938. The molecule has 2 fully saturated rings. The molecule has 4 nitrogen and oxygen atoms in total. The first-order valence-electron chi connectivity index (χ1n) is 8.13. The number of carboxylic acid groups (broad SMARTS) is 1. The van der Waals surface area contributed by atoms with Crippen LogP contribution in [0, 0.1) is 11.8 Å². The highest BCUT2D eigenvalue weighted by atomic mass is 16.5. The Hall–Kier alpha value is -0.610. The second-order valence-corrected chi connectivity index (χ2v) is 6.75. The number of carbonyl (C=O) groups is 1. The first kappa shape index (κ1) is 15.8. The second-order valence-electron chi connectivity index (χ2n) is 6.75. The lowest BCUT2D eigenvalue weighted by Gasteiger charge is -2.37. The standard InChI is InChI=1S/C16H29NO3/c1-12(2)13-4-3-5-14(7-6-13)17-8-9-20-15(11-17)10-16(18)19/h12-15H,3-11H2,1-2H3,(H,18,19). The molecule has 4 heteroatoms. The molecule has 116 valence electrons. The Kier molecular flexibility index (Phi) is 5.85. The largest absolute Gasteiger partial charge is 0.481 e. The van der Waals surface area contributed by atoms with Gasteiger partial charge in [-0.2, -0.15) is 0 Å². The maximum atomic E-state index is 10.8.